The molecular formula is C21H24FN3O3. The van der Waals surface area contributed by atoms with Gasteiger partial charge in [-0.15, -0.1) is 0 Å². The second-order valence-electron chi connectivity index (χ2n) is 7.16. The summed E-state index contributed by atoms with van der Waals surface area (Å²) >= 11 is 0. The Labute approximate surface area is 163 Å². The number of carbonyl (C=O) groups excluding carboxylic acids is 1. The van der Waals surface area contributed by atoms with Crippen LogP contribution < -0.4 is 10.2 Å². The summed E-state index contributed by atoms with van der Waals surface area (Å²) in [5.41, 5.74) is 2.44. The first-order valence-electron chi connectivity index (χ1n) is 9.64. The molecule has 1 aromatic heterocycles. The third kappa shape index (κ3) is 4.31. The quantitative estimate of drug-likeness (QED) is 0.857. The molecule has 0 unspecified atom stereocenters. The van der Waals surface area contributed by atoms with Gasteiger partial charge in [0.25, 0.3) is 5.91 Å². The number of benzene rings is 1. The van der Waals surface area contributed by atoms with Gasteiger partial charge in [-0.2, -0.15) is 0 Å². The van der Waals surface area contributed by atoms with Gasteiger partial charge < -0.3 is 19.7 Å². The second-order valence-corrected chi connectivity index (χ2v) is 7.16. The predicted octanol–water partition coefficient (Wildman–Crippen LogP) is 2.54. The standard InChI is InChI=1S/C21H24FN3O3/c22-18-3-1-16(2-4-18)5-8-24-20(26)17-13-19(15-23-14-17)25-9-6-21(7-10-25)27-11-12-28-21/h1-4,13-15H,5-12H2,(H,24,26). The molecule has 1 aromatic carbocycles. The average Bonchev–Trinajstić information content (AvgIpc) is 3.18. The van der Waals surface area contributed by atoms with E-state index in [-0.39, 0.29) is 11.7 Å². The van der Waals surface area contributed by atoms with Crippen molar-refractivity contribution in [3.8, 4) is 0 Å². The first kappa shape index (κ1) is 18.8. The molecule has 2 aromatic rings. The van der Waals surface area contributed by atoms with Crippen molar-refractivity contribution in [3.63, 3.8) is 0 Å². The number of rotatable bonds is 5. The third-order valence-corrected chi connectivity index (χ3v) is 5.30. The molecule has 1 spiro atoms. The number of nitrogens with one attached hydrogen (secondary N) is 1. The maximum Gasteiger partial charge on any atom is 0.252 e. The topological polar surface area (TPSA) is 63.7 Å². The summed E-state index contributed by atoms with van der Waals surface area (Å²) in [6.45, 7) is 3.41. The van der Waals surface area contributed by atoms with Crippen LogP contribution in [0.1, 0.15) is 28.8 Å². The lowest BCUT2D eigenvalue weighted by Crippen LogP contribution is -2.45. The molecule has 28 heavy (non-hydrogen) atoms. The van der Waals surface area contributed by atoms with Crippen LogP contribution in [0.2, 0.25) is 0 Å². The van der Waals surface area contributed by atoms with Crippen LogP contribution in [-0.4, -0.2) is 49.5 Å². The molecule has 1 N–H and O–H groups in total. The third-order valence-electron chi connectivity index (χ3n) is 5.30. The van der Waals surface area contributed by atoms with Crippen LogP contribution >= 0.6 is 0 Å². The molecule has 148 valence electrons. The highest BCUT2D eigenvalue weighted by molar-refractivity contribution is 5.94. The number of amides is 1. The number of nitrogens with zero attached hydrogens (tertiary/aromatic N) is 2. The summed E-state index contributed by atoms with van der Waals surface area (Å²) < 4.78 is 24.5. The Kier molecular flexibility index (Phi) is 5.54. The van der Waals surface area contributed by atoms with Gasteiger partial charge in [0, 0.05) is 38.7 Å². The molecule has 2 saturated heterocycles. The summed E-state index contributed by atoms with van der Waals surface area (Å²) in [6.07, 6.45) is 5.62. The molecule has 0 radical (unpaired) electrons. The molecular weight excluding hydrogens is 361 g/mol. The Balaban J connectivity index is 1.31. The molecule has 6 nitrogen and oxygen atoms in total. The fraction of sp³-hybridized carbons (Fsp3) is 0.429. The molecule has 3 heterocycles. The number of anilines is 1. The van der Waals surface area contributed by atoms with Gasteiger partial charge in [0.2, 0.25) is 0 Å². The normalized spacial score (nSPS) is 18.4. The van der Waals surface area contributed by atoms with Crippen LogP contribution in [-0.2, 0) is 15.9 Å². The van der Waals surface area contributed by atoms with E-state index >= 15 is 0 Å². The molecule has 2 aliphatic rings. The predicted molar refractivity (Wildman–Crippen MR) is 103 cm³/mol. The lowest BCUT2D eigenvalue weighted by atomic mass is 10.0. The molecule has 1 amide bonds. The highest BCUT2D eigenvalue weighted by Gasteiger charge is 2.39. The van der Waals surface area contributed by atoms with E-state index in [2.05, 4.69) is 15.2 Å². The van der Waals surface area contributed by atoms with Crippen LogP contribution in [0.4, 0.5) is 10.1 Å². The summed E-state index contributed by atoms with van der Waals surface area (Å²) in [6, 6.07) is 8.17. The second kappa shape index (κ2) is 8.24. The maximum absolute atomic E-state index is 12.9. The minimum Gasteiger partial charge on any atom is -0.370 e. The molecule has 2 fully saturated rings. The summed E-state index contributed by atoms with van der Waals surface area (Å²) in [5.74, 6) is -0.836. The first-order valence-corrected chi connectivity index (χ1v) is 9.64. The largest absolute Gasteiger partial charge is 0.370 e. The smallest absolute Gasteiger partial charge is 0.252 e. The number of ether oxygens (including phenoxy) is 2. The van der Waals surface area contributed by atoms with Crippen molar-refractivity contribution in [2.45, 2.75) is 25.0 Å². The van der Waals surface area contributed by atoms with Crippen molar-refractivity contribution >= 4 is 11.6 Å². The maximum atomic E-state index is 12.9. The van der Waals surface area contributed by atoms with E-state index in [1.165, 1.54) is 12.1 Å². The minimum absolute atomic E-state index is 0.160. The Bertz CT molecular complexity index is 812. The molecule has 2 aliphatic heterocycles. The summed E-state index contributed by atoms with van der Waals surface area (Å²) in [4.78, 5) is 18.9. The lowest BCUT2D eigenvalue weighted by Gasteiger charge is -2.38. The van der Waals surface area contributed by atoms with Gasteiger partial charge in [-0.1, -0.05) is 12.1 Å². The Hall–Kier alpha value is -2.51. The zero-order chi connectivity index (χ0) is 19.4. The number of halogens is 1. The summed E-state index contributed by atoms with van der Waals surface area (Å²) in [7, 11) is 0. The van der Waals surface area contributed by atoms with Gasteiger partial charge in [0.05, 0.1) is 30.7 Å². The van der Waals surface area contributed by atoms with Gasteiger partial charge in [0.1, 0.15) is 5.82 Å². The fourth-order valence-electron chi connectivity index (χ4n) is 3.69. The van der Waals surface area contributed by atoms with Crippen molar-refractivity contribution in [2.75, 3.05) is 37.7 Å². The number of hydrogen-bond donors (Lipinski definition) is 1. The number of carbonyl (C=O) groups is 1. The number of aromatic nitrogens is 1. The molecule has 0 bridgehead atoms. The molecule has 4 rings (SSSR count). The Morgan fingerprint density at radius 2 is 1.86 bits per heavy atom. The van der Waals surface area contributed by atoms with E-state index in [0.29, 0.717) is 31.7 Å². The molecule has 0 aliphatic carbocycles. The van der Waals surface area contributed by atoms with Gasteiger partial charge in [-0.3, -0.25) is 9.78 Å². The highest BCUT2D eigenvalue weighted by atomic mass is 19.1. The lowest BCUT2D eigenvalue weighted by molar-refractivity contribution is -0.169. The zero-order valence-electron chi connectivity index (χ0n) is 15.7. The van der Waals surface area contributed by atoms with Crippen molar-refractivity contribution in [1.29, 1.82) is 0 Å². The zero-order valence-corrected chi connectivity index (χ0v) is 15.7. The van der Waals surface area contributed by atoms with Crippen molar-refractivity contribution in [1.82, 2.24) is 10.3 Å². The number of hydrogen-bond acceptors (Lipinski definition) is 5. The van der Waals surface area contributed by atoms with E-state index in [9.17, 15) is 9.18 Å². The van der Waals surface area contributed by atoms with E-state index < -0.39 is 5.79 Å². The van der Waals surface area contributed by atoms with Gasteiger partial charge in [0.15, 0.2) is 5.79 Å². The molecule has 0 atom stereocenters. The van der Waals surface area contributed by atoms with E-state index in [4.69, 9.17) is 9.47 Å². The van der Waals surface area contributed by atoms with Gasteiger partial charge in [-0.25, -0.2) is 4.39 Å². The molecule has 7 heteroatoms. The van der Waals surface area contributed by atoms with Crippen molar-refractivity contribution in [3.05, 3.63) is 59.7 Å². The average molecular weight is 385 g/mol. The van der Waals surface area contributed by atoms with E-state index in [1.54, 1.807) is 24.5 Å². The van der Waals surface area contributed by atoms with Gasteiger partial charge in [-0.05, 0) is 30.2 Å². The monoisotopic (exact) mass is 385 g/mol. The minimum atomic E-state index is -0.417. The Morgan fingerprint density at radius 3 is 2.57 bits per heavy atom. The van der Waals surface area contributed by atoms with Crippen LogP contribution in [0.25, 0.3) is 0 Å². The SMILES string of the molecule is O=C(NCCc1ccc(F)cc1)c1cncc(N2CCC3(CC2)OCCO3)c1. The number of piperidine rings is 1. The van der Waals surface area contributed by atoms with Crippen molar-refractivity contribution in [2.24, 2.45) is 0 Å². The molecule has 0 saturated carbocycles. The van der Waals surface area contributed by atoms with Crippen LogP contribution in [0, 0.1) is 5.82 Å². The van der Waals surface area contributed by atoms with E-state index in [0.717, 1.165) is 37.2 Å². The van der Waals surface area contributed by atoms with E-state index in [1.807, 2.05) is 6.07 Å². The van der Waals surface area contributed by atoms with Crippen LogP contribution in [0.15, 0.2) is 42.7 Å². The van der Waals surface area contributed by atoms with Crippen LogP contribution in [0.5, 0.6) is 0 Å². The Morgan fingerprint density at radius 1 is 1.14 bits per heavy atom. The highest BCUT2D eigenvalue weighted by Crippen LogP contribution is 2.33. The van der Waals surface area contributed by atoms with Crippen LogP contribution in [0.3, 0.4) is 0 Å². The van der Waals surface area contributed by atoms with Gasteiger partial charge >= 0.3 is 0 Å². The first-order chi connectivity index (χ1) is 13.6. The van der Waals surface area contributed by atoms with Crippen molar-refractivity contribution < 1.29 is 18.7 Å². The summed E-state index contributed by atoms with van der Waals surface area (Å²) in [5, 5.41) is 2.90. The fourth-order valence-corrected chi connectivity index (χ4v) is 3.69. The number of pyridine rings is 1.